The lowest BCUT2D eigenvalue weighted by atomic mass is 10.1. The highest BCUT2D eigenvalue weighted by Gasteiger charge is 2.19. The van der Waals surface area contributed by atoms with Gasteiger partial charge in [0.1, 0.15) is 0 Å². The van der Waals surface area contributed by atoms with Gasteiger partial charge in [0.2, 0.25) is 0 Å². The van der Waals surface area contributed by atoms with E-state index >= 15 is 0 Å². The molecule has 0 aliphatic heterocycles. The molecule has 0 atom stereocenters. The minimum atomic E-state index is -2.99. The van der Waals surface area contributed by atoms with E-state index in [1.807, 2.05) is 20.8 Å². The van der Waals surface area contributed by atoms with Crippen LogP contribution < -0.4 is 0 Å². The second-order valence-corrected chi connectivity index (χ2v) is 6.02. The topological polar surface area (TPSA) is 35.5 Å². The van der Waals surface area contributed by atoms with Crippen molar-refractivity contribution in [2.24, 2.45) is 0 Å². The van der Waals surface area contributed by atoms with Crippen LogP contribution in [0.15, 0.2) is 11.4 Å². The first-order valence-electron chi connectivity index (χ1n) is 6.65. The highest BCUT2D eigenvalue weighted by atomic mass is 31.2. The summed E-state index contributed by atoms with van der Waals surface area (Å²) >= 11 is 0. The van der Waals surface area contributed by atoms with Gasteiger partial charge < -0.3 is 9.05 Å². The highest BCUT2D eigenvalue weighted by molar-refractivity contribution is 7.57. The molecular formula is C13H27O3P. The lowest BCUT2D eigenvalue weighted by molar-refractivity contribution is 0.228. The summed E-state index contributed by atoms with van der Waals surface area (Å²) in [7, 11) is -2.99. The Morgan fingerprint density at radius 2 is 1.65 bits per heavy atom. The Labute approximate surface area is 106 Å². The second kappa shape index (κ2) is 9.87. The van der Waals surface area contributed by atoms with E-state index in [2.05, 4.69) is 6.92 Å². The average Bonchev–Trinajstić information content (AvgIpc) is 2.24. The Hall–Kier alpha value is -0.110. The fraction of sp³-hybridized carbons (Fsp3) is 0.846. The van der Waals surface area contributed by atoms with E-state index in [1.165, 1.54) is 19.3 Å². The molecular weight excluding hydrogens is 235 g/mol. The van der Waals surface area contributed by atoms with Crippen molar-refractivity contribution < 1.29 is 13.6 Å². The van der Waals surface area contributed by atoms with Gasteiger partial charge in [-0.05, 0) is 33.6 Å². The summed E-state index contributed by atoms with van der Waals surface area (Å²) in [6, 6.07) is 0. The molecule has 0 saturated carbocycles. The summed E-state index contributed by atoms with van der Waals surface area (Å²) in [6.07, 6.45) is 5.86. The minimum absolute atomic E-state index is 0.414. The summed E-state index contributed by atoms with van der Waals surface area (Å²) in [5.74, 6) is 1.69. The Kier molecular flexibility index (Phi) is 9.81. The predicted octanol–water partition coefficient (Wildman–Crippen LogP) is 5.13. The van der Waals surface area contributed by atoms with E-state index in [1.54, 1.807) is 5.82 Å². The van der Waals surface area contributed by atoms with Gasteiger partial charge in [-0.1, -0.05) is 31.8 Å². The molecule has 4 heteroatoms. The third-order valence-corrected chi connectivity index (χ3v) is 4.41. The standard InChI is InChI=1S/C13H27O3P/c1-5-8-9-10-11-13(4)12-17(14,15-6-2)16-7-3/h12H,5-11H2,1-4H3/b13-12+. The van der Waals surface area contributed by atoms with Crippen molar-refractivity contribution in [1.29, 1.82) is 0 Å². The quantitative estimate of drug-likeness (QED) is 0.404. The van der Waals surface area contributed by atoms with Gasteiger partial charge in [0.05, 0.1) is 13.2 Å². The van der Waals surface area contributed by atoms with Crippen LogP contribution in [0, 0.1) is 0 Å². The number of unbranched alkanes of at least 4 members (excludes halogenated alkanes) is 3. The molecule has 0 fully saturated rings. The average molecular weight is 262 g/mol. The summed E-state index contributed by atoms with van der Waals surface area (Å²) in [6.45, 7) is 8.68. The van der Waals surface area contributed by atoms with Crippen molar-refractivity contribution in [1.82, 2.24) is 0 Å². The van der Waals surface area contributed by atoms with E-state index in [0.717, 1.165) is 18.4 Å². The SMILES string of the molecule is CCCCCC/C(C)=C/P(=O)(OCC)OCC. The number of hydrogen-bond acceptors (Lipinski definition) is 3. The molecule has 0 aromatic heterocycles. The number of rotatable bonds is 10. The number of hydrogen-bond donors (Lipinski definition) is 0. The van der Waals surface area contributed by atoms with Gasteiger partial charge in [-0.2, -0.15) is 0 Å². The van der Waals surface area contributed by atoms with Crippen LogP contribution in [0.25, 0.3) is 0 Å². The monoisotopic (exact) mass is 262 g/mol. The molecule has 0 rings (SSSR count). The molecule has 3 nitrogen and oxygen atoms in total. The zero-order chi connectivity index (χ0) is 13.1. The first-order chi connectivity index (χ1) is 8.08. The van der Waals surface area contributed by atoms with Gasteiger partial charge in [0.25, 0.3) is 0 Å². The summed E-state index contributed by atoms with van der Waals surface area (Å²) < 4.78 is 22.6. The van der Waals surface area contributed by atoms with E-state index in [4.69, 9.17) is 9.05 Å². The van der Waals surface area contributed by atoms with Crippen LogP contribution in [-0.4, -0.2) is 13.2 Å². The fourth-order valence-electron chi connectivity index (χ4n) is 1.64. The zero-order valence-corrected chi connectivity index (χ0v) is 12.6. The first-order valence-corrected chi connectivity index (χ1v) is 8.26. The summed E-state index contributed by atoms with van der Waals surface area (Å²) in [5, 5.41) is 0. The molecule has 0 amide bonds. The third-order valence-electron chi connectivity index (χ3n) is 2.42. The Balaban J connectivity index is 4.23. The van der Waals surface area contributed by atoms with E-state index in [9.17, 15) is 4.57 Å². The minimum Gasteiger partial charge on any atom is -0.306 e. The van der Waals surface area contributed by atoms with Crippen LogP contribution in [0.2, 0.25) is 0 Å². The maximum absolute atomic E-state index is 12.2. The molecule has 0 heterocycles. The van der Waals surface area contributed by atoms with Crippen molar-refractivity contribution >= 4 is 7.60 Å². The Morgan fingerprint density at radius 3 is 2.12 bits per heavy atom. The summed E-state index contributed by atoms with van der Waals surface area (Å²) in [4.78, 5) is 0. The Bertz CT molecular complexity index is 251. The molecule has 102 valence electrons. The van der Waals surface area contributed by atoms with Crippen LogP contribution in [-0.2, 0) is 13.6 Å². The fourth-order valence-corrected chi connectivity index (χ4v) is 3.25. The molecule has 0 radical (unpaired) electrons. The van der Waals surface area contributed by atoms with Crippen molar-refractivity contribution in [3.8, 4) is 0 Å². The molecule has 0 bridgehead atoms. The van der Waals surface area contributed by atoms with Gasteiger partial charge in [0.15, 0.2) is 0 Å². The molecule has 17 heavy (non-hydrogen) atoms. The van der Waals surface area contributed by atoms with Gasteiger partial charge >= 0.3 is 7.60 Å². The largest absolute Gasteiger partial charge is 0.354 e. The molecule has 0 spiro atoms. The maximum atomic E-state index is 12.2. The van der Waals surface area contributed by atoms with Crippen LogP contribution in [0.3, 0.4) is 0 Å². The van der Waals surface area contributed by atoms with Gasteiger partial charge in [-0.25, -0.2) is 0 Å². The molecule has 0 aliphatic carbocycles. The molecule has 0 aliphatic rings. The van der Waals surface area contributed by atoms with Gasteiger partial charge in [0, 0.05) is 5.82 Å². The van der Waals surface area contributed by atoms with Crippen LogP contribution in [0.5, 0.6) is 0 Å². The molecule has 0 saturated heterocycles. The van der Waals surface area contributed by atoms with E-state index in [-0.39, 0.29) is 0 Å². The van der Waals surface area contributed by atoms with Gasteiger partial charge in [-0.15, -0.1) is 0 Å². The zero-order valence-electron chi connectivity index (χ0n) is 11.7. The second-order valence-electron chi connectivity index (χ2n) is 4.16. The van der Waals surface area contributed by atoms with E-state index < -0.39 is 7.60 Å². The molecule has 0 unspecified atom stereocenters. The van der Waals surface area contributed by atoms with Crippen LogP contribution >= 0.6 is 7.60 Å². The normalized spacial score (nSPS) is 13.1. The van der Waals surface area contributed by atoms with Crippen molar-refractivity contribution in [2.45, 2.75) is 59.8 Å². The third kappa shape index (κ3) is 8.59. The lowest BCUT2D eigenvalue weighted by Gasteiger charge is -2.14. The molecule has 0 N–H and O–H groups in total. The van der Waals surface area contributed by atoms with Crippen molar-refractivity contribution in [2.75, 3.05) is 13.2 Å². The maximum Gasteiger partial charge on any atom is 0.354 e. The predicted molar refractivity (Wildman–Crippen MR) is 73.4 cm³/mol. The highest BCUT2D eigenvalue weighted by Crippen LogP contribution is 2.50. The van der Waals surface area contributed by atoms with Crippen LogP contribution in [0.1, 0.15) is 59.8 Å². The van der Waals surface area contributed by atoms with Crippen LogP contribution in [0.4, 0.5) is 0 Å². The lowest BCUT2D eigenvalue weighted by Crippen LogP contribution is -1.94. The Morgan fingerprint density at radius 1 is 1.06 bits per heavy atom. The smallest absolute Gasteiger partial charge is 0.306 e. The van der Waals surface area contributed by atoms with Gasteiger partial charge in [-0.3, -0.25) is 4.57 Å². The first kappa shape index (κ1) is 16.9. The molecule has 0 aromatic rings. The van der Waals surface area contributed by atoms with Crippen molar-refractivity contribution in [3.05, 3.63) is 11.4 Å². The van der Waals surface area contributed by atoms with E-state index in [0.29, 0.717) is 13.2 Å². The summed E-state index contributed by atoms with van der Waals surface area (Å²) in [5.41, 5.74) is 1.10. The molecule has 0 aromatic carbocycles. The number of allylic oxidation sites excluding steroid dienone is 1. The van der Waals surface area contributed by atoms with Crippen molar-refractivity contribution in [3.63, 3.8) is 0 Å².